The zero-order valence-corrected chi connectivity index (χ0v) is 15.4. The van der Waals surface area contributed by atoms with Crippen molar-refractivity contribution in [2.45, 2.75) is 9.96 Å². The van der Waals surface area contributed by atoms with Gasteiger partial charge in [0, 0.05) is 28.4 Å². The monoisotopic (exact) mass is 421 g/mol. The summed E-state index contributed by atoms with van der Waals surface area (Å²) in [5.74, 6) is -0.484. The number of halogens is 4. The Balaban J connectivity index is 2.15. The molecule has 2 N–H and O–H groups in total. The smallest absolute Gasteiger partial charge is 0.269 e. The van der Waals surface area contributed by atoms with Gasteiger partial charge in [0.1, 0.15) is 6.17 Å². The Bertz CT molecular complexity index is 761. The van der Waals surface area contributed by atoms with Crippen LogP contribution in [-0.2, 0) is 0 Å². The molecule has 0 saturated heterocycles. The summed E-state index contributed by atoms with van der Waals surface area (Å²) in [5, 5.41) is 16.5. The number of nitrogens with zero attached hydrogens (tertiary/aromatic N) is 1. The van der Waals surface area contributed by atoms with Crippen molar-refractivity contribution >= 4 is 63.7 Å². The summed E-state index contributed by atoms with van der Waals surface area (Å²) in [4.78, 5) is 22.4. The number of nitrogens with one attached hydrogen (secondary N) is 2. The maximum atomic E-state index is 12.3. The number of nitro benzene ring substituents is 1. The summed E-state index contributed by atoms with van der Waals surface area (Å²) in [6.07, 6.45) is -1.08. The van der Waals surface area contributed by atoms with Crippen molar-refractivity contribution in [1.82, 2.24) is 5.32 Å². The van der Waals surface area contributed by atoms with Gasteiger partial charge in [0.15, 0.2) is 0 Å². The zero-order valence-electron chi connectivity index (χ0n) is 12.4. The van der Waals surface area contributed by atoms with E-state index < -0.39 is 20.8 Å². The molecule has 0 spiro atoms. The standard InChI is InChI=1S/C15H11Cl4N3O3/c16-10-3-1-9(2-4-10)13(23)21-14(15(17,18)19)20-11-5-7-12(8-6-11)22(24)25/h1-8,14,20H,(H,21,23). The number of non-ortho nitro benzene ring substituents is 1. The van der Waals surface area contributed by atoms with Crippen LogP contribution in [0.4, 0.5) is 11.4 Å². The van der Waals surface area contributed by atoms with Gasteiger partial charge in [-0.3, -0.25) is 14.9 Å². The number of carbonyl (C=O) groups is 1. The van der Waals surface area contributed by atoms with E-state index in [1.54, 1.807) is 12.1 Å². The molecule has 132 valence electrons. The molecule has 0 aliphatic rings. The molecule has 0 aromatic heterocycles. The fourth-order valence-electron chi connectivity index (χ4n) is 1.86. The average molecular weight is 423 g/mol. The van der Waals surface area contributed by atoms with Gasteiger partial charge < -0.3 is 10.6 Å². The van der Waals surface area contributed by atoms with Crippen LogP contribution in [0.25, 0.3) is 0 Å². The molecule has 1 unspecified atom stereocenters. The van der Waals surface area contributed by atoms with Crippen LogP contribution in [0, 0.1) is 10.1 Å². The van der Waals surface area contributed by atoms with Crippen molar-refractivity contribution in [1.29, 1.82) is 0 Å². The lowest BCUT2D eigenvalue weighted by Gasteiger charge is -2.27. The van der Waals surface area contributed by atoms with Gasteiger partial charge in [0.05, 0.1) is 4.92 Å². The maximum absolute atomic E-state index is 12.3. The Morgan fingerprint density at radius 2 is 1.60 bits per heavy atom. The zero-order chi connectivity index (χ0) is 18.6. The van der Waals surface area contributed by atoms with Crippen LogP contribution in [0.3, 0.4) is 0 Å². The van der Waals surface area contributed by atoms with E-state index >= 15 is 0 Å². The Kier molecular flexibility index (Phi) is 6.35. The molecule has 0 radical (unpaired) electrons. The van der Waals surface area contributed by atoms with Gasteiger partial charge in [-0.25, -0.2) is 0 Å². The van der Waals surface area contributed by atoms with Crippen molar-refractivity contribution in [3.63, 3.8) is 0 Å². The number of anilines is 1. The van der Waals surface area contributed by atoms with E-state index in [1.807, 2.05) is 0 Å². The average Bonchev–Trinajstić information content (AvgIpc) is 2.54. The predicted molar refractivity (Wildman–Crippen MR) is 99.7 cm³/mol. The first-order chi connectivity index (χ1) is 11.7. The van der Waals surface area contributed by atoms with Crippen molar-refractivity contribution < 1.29 is 9.72 Å². The van der Waals surface area contributed by atoms with Gasteiger partial charge in [0.25, 0.3) is 11.6 Å². The van der Waals surface area contributed by atoms with Crippen LogP contribution in [0.1, 0.15) is 10.4 Å². The van der Waals surface area contributed by atoms with E-state index in [4.69, 9.17) is 46.4 Å². The number of hydrogen-bond donors (Lipinski definition) is 2. The van der Waals surface area contributed by atoms with Crippen LogP contribution in [0.5, 0.6) is 0 Å². The molecule has 6 nitrogen and oxygen atoms in total. The number of amides is 1. The molecule has 0 aliphatic heterocycles. The fraction of sp³-hybridized carbons (Fsp3) is 0.133. The number of alkyl halides is 3. The van der Waals surface area contributed by atoms with Gasteiger partial charge in [-0.15, -0.1) is 0 Å². The molecular formula is C15H11Cl4N3O3. The van der Waals surface area contributed by atoms with Gasteiger partial charge in [-0.2, -0.15) is 0 Å². The minimum Gasteiger partial charge on any atom is -0.362 e. The summed E-state index contributed by atoms with van der Waals surface area (Å²) in [7, 11) is 0. The second kappa shape index (κ2) is 8.10. The van der Waals surface area contributed by atoms with Crippen LogP contribution >= 0.6 is 46.4 Å². The van der Waals surface area contributed by atoms with Crippen LogP contribution < -0.4 is 10.6 Å². The SMILES string of the molecule is O=C(NC(Nc1ccc([N+](=O)[O-])cc1)C(Cl)(Cl)Cl)c1ccc(Cl)cc1. The summed E-state index contributed by atoms with van der Waals surface area (Å²) in [6.45, 7) is 0. The second-order valence-corrected chi connectivity index (χ2v) is 7.71. The third-order valence-electron chi connectivity index (χ3n) is 3.10. The molecule has 2 rings (SSSR count). The third-order valence-corrected chi connectivity index (χ3v) is 4.00. The second-order valence-electron chi connectivity index (χ2n) is 4.90. The van der Waals surface area contributed by atoms with Crippen molar-refractivity contribution in [2.24, 2.45) is 0 Å². The molecule has 2 aromatic carbocycles. The van der Waals surface area contributed by atoms with Gasteiger partial charge >= 0.3 is 0 Å². The first-order valence-corrected chi connectivity index (χ1v) is 8.32. The number of rotatable bonds is 5. The lowest BCUT2D eigenvalue weighted by molar-refractivity contribution is -0.384. The van der Waals surface area contributed by atoms with E-state index in [0.717, 1.165) is 0 Å². The molecular weight excluding hydrogens is 412 g/mol. The quantitative estimate of drug-likeness (QED) is 0.314. The first-order valence-electron chi connectivity index (χ1n) is 6.81. The topological polar surface area (TPSA) is 84.3 Å². The molecule has 1 amide bonds. The number of hydrogen-bond acceptors (Lipinski definition) is 4. The number of benzene rings is 2. The molecule has 0 aliphatic carbocycles. The molecule has 25 heavy (non-hydrogen) atoms. The maximum Gasteiger partial charge on any atom is 0.269 e. The van der Waals surface area contributed by atoms with Gasteiger partial charge in [0.2, 0.25) is 3.79 Å². The summed E-state index contributed by atoms with van der Waals surface area (Å²) in [5.41, 5.74) is 0.675. The van der Waals surface area contributed by atoms with Crippen molar-refractivity contribution in [3.05, 3.63) is 69.2 Å². The van der Waals surface area contributed by atoms with E-state index in [1.165, 1.54) is 36.4 Å². The summed E-state index contributed by atoms with van der Waals surface area (Å²) >= 11 is 23.5. The van der Waals surface area contributed by atoms with Gasteiger partial charge in [-0.05, 0) is 36.4 Å². The van der Waals surface area contributed by atoms with E-state index in [9.17, 15) is 14.9 Å². The van der Waals surface area contributed by atoms with Crippen LogP contribution in [-0.4, -0.2) is 20.8 Å². The number of carbonyl (C=O) groups excluding carboxylic acids is 1. The Morgan fingerprint density at radius 3 is 2.08 bits per heavy atom. The van der Waals surface area contributed by atoms with E-state index in [-0.39, 0.29) is 5.69 Å². The van der Waals surface area contributed by atoms with Gasteiger partial charge in [-0.1, -0.05) is 46.4 Å². The fourth-order valence-corrected chi connectivity index (χ4v) is 2.31. The highest BCUT2D eigenvalue weighted by Crippen LogP contribution is 2.31. The largest absolute Gasteiger partial charge is 0.362 e. The van der Waals surface area contributed by atoms with Crippen molar-refractivity contribution in [3.8, 4) is 0 Å². The molecule has 10 heteroatoms. The lowest BCUT2D eigenvalue weighted by atomic mass is 10.2. The molecule has 1 atom stereocenters. The highest BCUT2D eigenvalue weighted by molar-refractivity contribution is 6.68. The molecule has 0 heterocycles. The molecule has 2 aromatic rings. The van der Waals surface area contributed by atoms with Crippen LogP contribution in [0.15, 0.2) is 48.5 Å². The minimum atomic E-state index is -1.87. The Hall–Kier alpha value is -1.73. The van der Waals surface area contributed by atoms with Crippen LogP contribution in [0.2, 0.25) is 5.02 Å². The predicted octanol–water partition coefficient (Wildman–Crippen LogP) is 4.79. The third kappa shape index (κ3) is 5.64. The molecule has 0 fully saturated rings. The Labute approximate surface area is 163 Å². The first kappa shape index (κ1) is 19.6. The normalized spacial score (nSPS) is 12.3. The molecule has 0 saturated carbocycles. The summed E-state index contributed by atoms with van der Waals surface area (Å²) < 4.78 is -1.87. The molecule has 0 bridgehead atoms. The van der Waals surface area contributed by atoms with Crippen molar-refractivity contribution in [2.75, 3.05) is 5.32 Å². The Morgan fingerprint density at radius 1 is 1.04 bits per heavy atom. The number of nitro groups is 1. The highest BCUT2D eigenvalue weighted by Gasteiger charge is 2.34. The lowest BCUT2D eigenvalue weighted by Crippen LogP contribution is -2.49. The van der Waals surface area contributed by atoms with E-state index in [0.29, 0.717) is 16.3 Å². The highest BCUT2D eigenvalue weighted by atomic mass is 35.6. The minimum absolute atomic E-state index is 0.0822. The summed E-state index contributed by atoms with van der Waals surface area (Å²) in [6, 6.07) is 11.6. The van der Waals surface area contributed by atoms with E-state index in [2.05, 4.69) is 10.6 Å².